The Morgan fingerprint density at radius 2 is 1.58 bits per heavy atom. The monoisotopic (exact) mass is 414 g/mol. The molecule has 0 radical (unpaired) electrons. The molecule has 0 saturated heterocycles. The largest absolute Gasteiger partial charge is 0.494 e. The SMILES string of the molecule is CCCCOc1ccc(C(=O)Nc2cccc(N3C(=O)c4ccccc4C3=O)c2)cc1. The Hall–Kier alpha value is -3.93. The van der Waals surface area contributed by atoms with Crippen LogP contribution in [0.4, 0.5) is 11.4 Å². The fraction of sp³-hybridized carbons (Fsp3) is 0.160. The maximum atomic E-state index is 12.7. The number of imide groups is 1. The molecule has 6 heteroatoms. The third-order valence-electron chi connectivity index (χ3n) is 5.04. The summed E-state index contributed by atoms with van der Waals surface area (Å²) in [6, 6.07) is 20.3. The summed E-state index contributed by atoms with van der Waals surface area (Å²) in [5.41, 5.74) is 2.13. The van der Waals surface area contributed by atoms with Crippen LogP contribution in [0.2, 0.25) is 0 Å². The minimum absolute atomic E-state index is 0.292. The summed E-state index contributed by atoms with van der Waals surface area (Å²) < 4.78 is 5.62. The molecule has 0 aliphatic carbocycles. The van der Waals surface area contributed by atoms with Gasteiger partial charge in [0.25, 0.3) is 17.7 Å². The number of anilines is 2. The van der Waals surface area contributed by atoms with E-state index in [0.717, 1.165) is 23.5 Å². The first-order chi connectivity index (χ1) is 15.1. The highest BCUT2D eigenvalue weighted by atomic mass is 16.5. The number of benzene rings is 3. The molecule has 156 valence electrons. The summed E-state index contributed by atoms with van der Waals surface area (Å²) in [5, 5.41) is 2.82. The standard InChI is InChI=1S/C25H22N2O4/c1-2-3-15-31-20-13-11-17(12-14-20)23(28)26-18-7-6-8-19(16-18)27-24(29)21-9-4-5-10-22(21)25(27)30/h4-14,16H,2-3,15H2,1H3,(H,26,28). The van der Waals surface area contributed by atoms with Crippen LogP contribution in [0.1, 0.15) is 50.8 Å². The van der Waals surface area contributed by atoms with Gasteiger partial charge < -0.3 is 10.1 Å². The second-order valence-electron chi connectivity index (χ2n) is 7.22. The fourth-order valence-electron chi connectivity index (χ4n) is 3.39. The van der Waals surface area contributed by atoms with E-state index in [1.807, 2.05) is 0 Å². The molecule has 0 aromatic heterocycles. The lowest BCUT2D eigenvalue weighted by Gasteiger charge is -2.15. The average molecular weight is 414 g/mol. The van der Waals surface area contributed by atoms with Crippen LogP contribution in [-0.2, 0) is 0 Å². The topological polar surface area (TPSA) is 75.7 Å². The van der Waals surface area contributed by atoms with Crippen molar-refractivity contribution in [3.8, 4) is 5.75 Å². The van der Waals surface area contributed by atoms with Crippen LogP contribution in [0.3, 0.4) is 0 Å². The van der Waals surface area contributed by atoms with Crippen molar-refractivity contribution in [2.24, 2.45) is 0 Å². The van der Waals surface area contributed by atoms with Gasteiger partial charge in [0.1, 0.15) is 5.75 Å². The van der Waals surface area contributed by atoms with Gasteiger partial charge in [-0.15, -0.1) is 0 Å². The molecule has 1 aliphatic rings. The van der Waals surface area contributed by atoms with E-state index in [1.54, 1.807) is 72.8 Å². The number of fused-ring (bicyclic) bond motifs is 1. The van der Waals surface area contributed by atoms with Crippen molar-refractivity contribution in [2.75, 3.05) is 16.8 Å². The number of nitrogens with zero attached hydrogens (tertiary/aromatic N) is 1. The Balaban J connectivity index is 1.47. The van der Waals surface area contributed by atoms with E-state index >= 15 is 0 Å². The first-order valence-corrected chi connectivity index (χ1v) is 10.2. The van der Waals surface area contributed by atoms with Gasteiger partial charge in [0.05, 0.1) is 23.4 Å². The summed E-state index contributed by atoms with van der Waals surface area (Å²) in [6.07, 6.45) is 2.03. The van der Waals surface area contributed by atoms with Gasteiger partial charge in [-0.1, -0.05) is 31.5 Å². The second kappa shape index (κ2) is 8.83. The molecule has 0 saturated carbocycles. The minimum Gasteiger partial charge on any atom is -0.494 e. The Morgan fingerprint density at radius 1 is 0.903 bits per heavy atom. The normalized spacial score (nSPS) is 12.6. The smallest absolute Gasteiger partial charge is 0.266 e. The molecule has 0 atom stereocenters. The number of nitrogens with one attached hydrogen (secondary N) is 1. The number of ether oxygens (including phenoxy) is 1. The van der Waals surface area contributed by atoms with Crippen molar-refractivity contribution >= 4 is 29.1 Å². The molecular formula is C25H22N2O4. The molecule has 0 spiro atoms. The van der Waals surface area contributed by atoms with Crippen molar-refractivity contribution in [1.29, 1.82) is 0 Å². The molecule has 1 heterocycles. The molecule has 3 amide bonds. The summed E-state index contributed by atoms with van der Waals surface area (Å²) >= 11 is 0. The maximum absolute atomic E-state index is 12.7. The van der Waals surface area contributed by atoms with Crippen LogP contribution in [0.15, 0.2) is 72.8 Å². The quantitative estimate of drug-likeness (QED) is 0.440. The van der Waals surface area contributed by atoms with Gasteiger partial charge in [-0.05, 0) is 61.0 Å². The van der Waals surface area contributed by atoms with Gasteiger partial charge in [-0.25, -0.2) is 4.90 Å². The maximum Gasteiger partial charge on any atom is 0.266 e. The van der Waals surface area contributed by atoms with Crippen LogP contribution in [-0.4, -0.2) is 24.3 Å². The van der Waals surface area contributed by atoms with E-state index in [1.165, 1.54) is 0 Å². The van der Waals surface area contributed by atoms with Crippen LogP contribution >= 0.6 is 0 Å². The highest BCUT2D eigenvalue weighted by Gasteiger charge is 2.36. The molecule has 1 aliphatic heterocycles. The average Bonchev–Trinajstić information content (AvgIpc) is 3.05. The molecule has 3 aromatic rings. The molecule has 0 fully saturated rings. The zero-order valence-corrected chi connectivity index (χ0v) is 17.1. The first-order valence-electron chi connectivity index (χ1n) is 10.2. The van der Waals surface area contributed by atoms with Gasteiger partial charge in [0, 0.05) is 11.3 Å². The number of hydrogen-bond donors (Lipinski definition) is 1. The van der Waals surface area contributed by atoms with Gasteiger partial charge in [0.15, 0.2) is 0 Å². The Labute approximate surface area is 180 Å². The van der Waals surface area contributed by atoms with Crippen molar-refractivity contribution in [3.05, 3.63) is 89.5 Å². The highest BCUT2D eigenvalue weighted by Crippen LogP contribution is 2.29. The molecule has 0 unspecified atom stereocenters. The second-order valence-corrected chi connectivity index (χ2v) is 7.22. The Bertz CT molecular complexity index is 1100. The third kappa shape index (κ3) is 4.19. The van der Waals surface area contributed by atoms with Crippen molar-refractivity contribution in [1.82, 2.24) is 0 Å². The van der Waals surface area contributed by atoms with Crippen molar-refractivity contribution in [3.63, 3.8) is 0 Å². The zero-order chi connectivity index (χ0) is 21.8. The van der Waals surface area contributed by atoms with E-state index in [4.69, 9.17) is 4.74 Å². The third-order valence-corrected chi connectivity index (χ3v) is 5.04. The number of carbonyl (C=O) groups excluding carboxylic acids is 3. The lowest BCUT2D eigenvalue weighted by molar-refractivity contribution is 0.0925. The molecule has 3 aromatic carbocycles. The molecule has 6 nitrogen and oxygen atoms in total. The summed E-state index contributed by atoms with van der Waals surface area (Å²) in [7, 11) is 0. The molecule has 31 heavy (non-hydrogen) atoms. The summed E-state index contributed by atoms with van der Waals surface area (Å²) in [6.45, 7) is 2.74. The van der Waals surface area contributed by atoms with Crippen molar-refractivity contribution < 1.29 is 19.1 Å². The minimum atomic E-state index is -0.372. The zero-order valence-electron chi connectivity index (χ0n) is 17.1. The number of carbonyl (C=O) groups is 3. The van der Waals surface area contributed by atoms with Crippen LogP contribution in [0, 0.1) is 0 Å². The van der Waals surface area contributed by atoms with E-state index in [9.17, 15) is 14.4 Å². The van der Waals surface area contributed by atoms with Gasteiger partial charge in [0.2, 0.25) is 0 Å². The van der Waals surface area contributed by atoms with Gasteiger partial charge in [-0.3, -0.25) is 14.4 Å². The molecule has 4 rings (SSSR count). The molecular weight excluding hydrogens is 392 g/mol. The fourth-order valence-corrected chi connectivity index (χ4v) is 3.39. The van der Waals surface area contributed by atoms with Gasteiger partial charge >= 0.3 is 0 Å². The molecule has 1 N–H and O–H groups in total. The number of amides is 3. The first kappa shape index (κ1) is 20.3. The highest BCUT2D eigenvalue weighted by molar-refractivity contribution is 6.34. The predicted molar refractivity (Wildman–Crippen MR) is 119 cm³/mol. The van der Waals surface area contributed by atoms with Crippen LogP contribution in [0.5, 0.6) is 5.75 Å². The van der Waals surface area contributed by atoms with E-state index in [0.29, 0.717) is 34.7 Å². The lowest BCUT2D eigenvalue weighted by atomic mass is 10.1. The number of hydrogen-bond acceptors (Lipinski definition) is 4. The molecule has 0 bridgehead atoms. The number of unbranched alkanes of at least 4 members (excludes halogenated alkanes) is 1. The van der Waals surface area contributed by atoms with Crippen molar-refractivity contribution in [2.45, 2.75) is 19.8 Å². The summed E-state index contributed by atoms with van der Waals surface area (Å²) in [5.74, 6) is -0.317. The van der Waals surface area contributed by atoms with Gasteiger partial charge in [-0.2, -0.15) is 0 Å². The van der Waals surface area contributed by atoms with Crippen LogP contribution in [0.25, 0.3) is 0 Å². The Morgan fingerprint density at radius 3 is 2.23 bits per heavy atom. The van der Waals surface area contributed by atoms with Crippen LogP contribution < -0.4 is 15.0 Å². The van der Waals surface area contributed by atoms with E-state index in [2.05, 4.69) is 12.2 Å². The number of rotatable bonds is 7. The van der Waals surface area contributed by atoms with E-state index in [-0.39, 0.29) is 17.7 Å². The summed E-state index contributed by atoms with van der Waals surface area (Å²) in [4.78, 5) is 39.1. The Kier molecular flexibility index (Phi) is 5.80. The van der Waals surface area contributed by atoms with E-state index < -0.39 is 0 Å². The predicted octanol–water partition coefficient (Wildman–Crippen LogP) is 4.92. The lowest BCUT2D eigenvalue weighted by Crippen LogP contribution is -2.29.